The Hall–Kier alpha value is -1.70. The van der Waals surface area contributed by atoms with Gasteiger partial charge in [-0.15, -0.1) is 0 Å². The van der Waals surface area contributed by atoms with Gasteiger partial charge in [-0.3, -0.25) is 9.78 Å². The van der Waals surface area contributed by atoms with Crippen LogP contribution in [0.5, 0.6) is 0 Å². The van der Waals surface area contributed by atoms with E-state index in [0.29, 0.717) is 6.42 Å². The smallest absolute Gasteiger partial charge is 0.165 e. The van der Waals surface area contributed by atoms with Crippen LogP contribution >= 0.6 is 0 Å². The lowest BCUT2D eigenvalue weighted by atomic mass is 9.75. The van der Waals surface area contributed by atoms with Crippen molar-refractivity contribution in [2.75, 3.05) is 0 Å². The number of hydrogen-bond donors (Lipinski definition) is 0. The van der Waals surface area contributed by atoms with E-state index >= 15 is 0 Å². The molecule has 98 valence electrons. The van der Waals surface area contributed by atoms with Gasteiger partial charge in [0.2, 0.25) is 0 Å². The monoisotopic (exact) mass is 253 g/mol. The second-order valence-electron chi connectivity index (χ2n) is 6.58. The molecule has 0 amide bonds. The first-order valence-corrected chi connectivity index (χ1v) is 6.80. The molecule has 0 aliphatic heterocycles. The van der Waals surface area contributed by atoms with Gasteiger partial charge >= 0.3 is 0 Å². The molecule has 0 atom stereocenters. The van der Waals surface area contributed by atoms with Crippen molar-refractivity contribution in [2.45, 2.75) is 40.5 Å². The summed E-state index contributed by atoms with van der Waals surface area (Å²) in [5.41, 5.74) is 5.28. The predicted octanol–water partition coefficient (Wildman–Crippen LogP) is 4.01. The zero-order chi connectivity index (χ0) is 13.8. The first kappa shape index (κ1) is 12.3. The Balaban J connectivity index is 2.29. The minimum absolute atomic E-state index is 0.0311. The predicted molar refractivity (Wildman–Crippen MR) is 77.6 cm³/mol. The summed E-state index contributed by atoms with van der Waals surface area (Å²) in [6.45, 7) is 8.45. The Bertz CT molecular complexity index is 698. The van der Waals surface area contributed by atoms with Gasteiger partial charge < -0.3 is 0 Å². The van der Waals surface area contributed by atoms with Crippen molar-refractivity contribution in [3.63, 3.8) is 0 Å². The van der Waals surface area contributed by atoms with E-state index in [4.69, 9.17) is 4.98 Å². The van der Waals surface area contributed by atoms with Crippen LogP contribution in [0, 0.1) is 19.3 Å². The molecule has 2 heteroatoms. The van der Waals surface area contributed by atoms with Gasteiger partial charge in [0.1, 0.15) is 0 Å². The van der Waals surface area contributed by atoms with Gasteiger partial charge in [-0.05, 0) is 43.4 Å². The van der Waals surface area contributed by atoms with Gasteiger partial charge in [0, 0.05) is 17.4 Å². The fourth-order valence-electron chi connectivity index (χ4n) is 3.11. The quantitative estimate of drug-likeness (QED) is 0.710. The van der Waals surface area contributed by atoms with Crippen molar-refractivity contribution in [1.29, 1.82) is 0 Å². The third-order valence-corrected chi connectivity index (χ3v) is 3.92. The van der Waals surface area contributed by atoms with E-state index < -0.39 is 0 Å². The highest BCUT2D eigenvalue weighted by Crippen LogP contribution is 2.35. The highest BCUT2D eigenvalue weighted by atomic mass is 16.1. The number of pyridine rings is 1. The highest BCUT2D eigenvalue weighted by Gasteiger charge is 2.32. The summed E-state index contributed by atoms with van der Waals surface area (Å²) in [6, 6.07) is 6.30. The highest BCUT2D eigenvalue weighted by molar-refractivity contribution is 6.01. The Morgan fingerprint density at radius 3 is 2.58 bits per heavy atom. The van der Waals surface area contributed by atoms with Gasteiger partial charge in [0.05, 0.1) is 11.2 Å². The molecule has 19 heavy (non-hydrogen) atoms. The van der Waals surface area contributed by atoms with Crippen molar-refractivity contribution in [3.05, 3.63) is 40.6 Å². The van der Waals surface area contributed by atoms with Crippen molar-refractivity contribution in [2.24, 2.45) is 5.41 Å². The number of aryl methyl sites for hydroxylation is 2. The average molecular weight is 253 g/mol. The van der Waals surface area contributed by atoms with Gasteiger partial charge in [0.15, 0.2) is 5.78 Å². The maximum atomic E-state index is 12.3. The molecular formula is C17H19NO. The summed E-state index contributed by atoms with van der Waals surface area (Å²) in [6.07, 6.45) is 1.51. The number of hydrogen-bond acceptors (Lipinski definition) is 2. The fraction of sp³-hybridized carbons (Fsp3) is 0.412. The van der Waals surface area contributed by atoms with E-state index in [1.807, 2.05) is 6.07 Å². The zero-order valence-electron chi connectivity index (χ0n) is 12.0. The number of carbonyl (C=O) groups is 1. The van der Waals surface area contributed by atoms with E-state index in [1.54, 1.807) is 0 Å². The van der Waals surface area contributed by atoms with E-state index in [1.165, 1.54) is 11.1 Å². The molecule has 1 aliphatic rings. The molecule has 0 saturated carbocycles. The Kier molecular flexibility index (Phi) is 2.53. The van der Waals surface area contributed by atoms with Crippen LogP contribution in [0.1, 0.15) is 47.4 Å². The largest absolute Gasteiger partial charge is 0.294 e. The first-order valence-electron chi connectivity index (χ1n) is 6.80. The van der Waals surface area contributed by atoms with Crippen molar-refractivity contribution >= 4 is 16.7 Å². The summed E-state index contributed by atoms with van der Waals surface area (Å²) in [5, 5.41) is 1.09. The third-order valence-electron chi connectivity index (χ3n) is 3.92. The van der Waals surface area contributed by atoms with Crippen molar-refractivity contribution in [3.8, 4) is 0 Å². The Morgan fingerprint density at radius 1 is 1.11 bits per heavy atom. The standard InChI is InChI=1S/C17H19NO/c1-10-5-11(2)16-12(6-10)7-13-14(18-16)8-17(3,4)9-15(13)19/h5-7H,8-9H2,1-4H3. The molecule has 0 fully saturated rings. The fourth-order valence-corrected chi connectivity index (χ4v) is 3.11. The number of fused-ring (bicyclic) bond motifs is 2. The molecule has 0 bridgehead atoms. The number of aromatic nitrogens is 1. The Morgan fingerprint density at radius 2 is 1.84 bits per heavy atom. The normalized spacial score (nSPS) is 17.6. The van der Waals surface area contributed by atoms with Crippen LogP contribution in [0.15, 0.2) is 18.2 Å². The molecule has 0 radical (unpaired) electrons. The molecule has 1 aromatic heterocycles. The third kappa shape index (κ3) is 2.05. The number of nitrogens with zero attached hydrogens (tertiary/aromatic N) is 1. The van der Waals surface area contributed by atoms with Gasteiger partial charge in [0.25, 0.3) is 0 Å². The molecule has 1 heterocycles. The van der Waals surface area contributed by atoms with Crippen LogP contribution < -0.4 is 0 Å². The second kappa shape index (κ2) is 3.89. The second-order valence-corrected chi connectivity index (χ2v) is 6.58. The van der Waals surface area contributed by atoms with Crippen LogP contribution in [0.25, 0.3) is 10.9 Å². The molecule has 0 spiro atoms. The number of carbonyl (C=O) groups excluding carboxylic acids is 1. The summed E-state index contributed by atoms with van der Waals surface area (Å²) in [5.74, 6) is 0.236. The molecule has 2 nitrogen and oxygen atoms in total. The van der Waals surface area contributed by atoms with Crippen LogP contribution in [0.3, 0.4) is 0 Å². The zero-order valence-corrected chi connectivity index (χ0v) is 12.0. The lowest BCUT2D eigenvalue weighted by molar-refractivity contribution is 0.0910. The van der Waals surface area contributed by atoms with E-state index in [2.05, 4.69) is 39.8 Å². The maximum Gasteiger partial charge on any atom is 0.165 e. The van der Waals surface area contributed by atoms with E-state index in [-0.39, 0.29) is 11.2 Å². The number of ketones is 1. The van der Waals surface area contributed by atoms with Crippen LogP contribution in [-0.2, 0) is 6.42 Å². The molecule has 3 rings (SSSR count). The van der Waals surface area contributed by atoms with Crippen molar-refractivity contribution < 1.29 is 4.79 Å². The first-order chi connectivity index (χ1) is 8.85. The number of rotatable bonds is 0. The van der Waals surface area contributed by atoms with Crippen LogP contribution in [-0.4, -0.2) is 10.8 Å². The number of benzene rings is 1. The maximum absolute atomic E-state index is 12.3. The molecule has 1 aromatic carbocycles. The SMILES string of the molecule is Cc1cc(C)c2nc3c(cc2c1)C(=O)CC(C)(C)C3. The summed E-state index contributed by atoms with van der Waals surface area (Å²) in [4.78, 5) is 17.1. The molecule has 1 aliphatic carbocycles. The number of Topliss-reactive ketones (excluding diaryl/α,β-unsaturated/α-hetero) is 1. The van der Waals surface area contributed by atoms with Crippen LogP contribution in [0.2, 0.25) is 0 Å². The van der Waals surface area contributed by atoms with Gasteiger partial charge in [-0.1, -0.05) is 25.5 Å². The lowest BCUT2D eigenvalue weighted by Crippen LogP contribution is -2.27. The molecular weight excluding hydrogens is 234 g/mol. The van der Waals surface area contributed by atoms with Crippen molar-refractivity contribution in [1.82, 2.24) is 4.98 Å². The lowest BCUT2D eigenvalue weighted by Gasteiger charge is -2.29. The minimum Gasteiger partial charge on any atom is -0.294 e. The summed E-state index contributed by atoms with van der Waals surface area (Å²) >= 11 is 0. The minimum atomic E-state index is 0.0311. The molecule has 0 unspecified atom stereocenters. The summed E-state index contributed by atoms with van der Waals surface area (Å²) in [7, 11) is 0. The van der Waals surface area contributed by atoms with E-state index in [9.17, 15) is 4.79 Å². The Labute approximate surface area is 113 Å². The summed E-state index contributed by atoms with van der Waals surface area (Å²) < 4.78 is 0. The van der Waals surface area contributed by atoms with Gasteiger partial charge in [-0.25, -0.2) is 0 Å². The molecule has 2 aromatic rings. The average Bonchev–Trinajstić information content (AvgIpc) is 2.26. The molecule has 0 saturated heterocycles. The topological polar surface area (TPSA) is 30.0 Å². The van der Waals surface area contributed by atoms with Crippen LogP contribution in [0.4, 0.5) is 0 Å². The molecule has 0 N–H and O–H groups in total. The van der Waals surface area contributed by atoms with E-state index in [0.717, 1.165) is 28.6 Å². The van der Waals surface area contributed by atoms with Gasteiger partial charge in [-0.2, -0.15) is 0 Å².